The van der Waals surface area contributed by atoms with Gasteiger partial charge in [0.1, 0.15) is 5.82 Å². The number of guanidine groups is 1. The highest BCUT2D eigenvalue weighted by atomic mass is 127. The van der Waals surface area contributed by atoms with Gasteiger partial charge in [-0.1, -0.05) is 25.7 Å². The molecule has 1 saturated carbocycles. The van der Waals surface area contributed by atoms with Crippen molar-refractivity contribution in [3.8, 4) is 11.6 Å². The number of aliphatic imine (C=N–C) groups is 1. The molecule has 1 saturated heterocycles. The number of nitrogens with zero attached hydrogens (tertiary/aromatic N) is 4. The van der Waals surface area contributed by atoms with Gasteiger partial charge >= 0.3 is 0 Å². The van der Waals surface area contributed by atoms with E-state index >= 15 is 0 Å². The Morgan fingerprint density at radius 3 is 2.63 bits per heavy atom. The SMILES string of the molecule is CN=C(NCc1nc(-c2ccco2)n[nH]1)NCC1(N2CCCCC2)CCCCC1.I. The minimum atomic E-state index is 0. The molecule has 1 aliphatic carbocycles. The Labute approximate surface area is 195 Å². The molecule has 166 valence electrons. The highest BCUT2D eigenvalue weighted by molar-refractivity contribution is 14.0. The Morgan fingerprint density at radius 2 is 1.93 bits per heavy atom. The standard InChI is InChI=1S/C21H33N7O.HI/c1-22-20(23-15-18-25-19(27-26-18)17-9-8-14-29-17)24-16-21(10-4-2-5-11-21)28-12-6-3-7-13-28;/h8-9,14H,2-7,10-13,15-16H2,1H3,(H2,22,23,24)(H,25,26,27);1H. The van der Waals surface area contributed by atoms with Crippen molar-refractivity contribution in [1.82, 2.24) is 30.7 Å². The molecule has 0 atom stereocenters. The lowest BCUT2D eigenvalue weighted by molar-refractivity contribution is 0.0368. The van der Waals surface area contributed by atoms with E-state index in [1.807, 2.05) is 19.2 Å². The molecule has 9 heteroatoms. The first-order chi connectivity index (χ1) is 14.3. The minimum Gasteiger partial charge on any atom is -0.461 e. The number of likely N-dealkylation sites (tertiary alicyclic amines) is 1. The van der Waals surface area contributed by atoms with Crippen LogP contribution in [0.2, 0.25) is 0 Å². The van der Waals surface area contributed by atoms with Crippen molar-refractivity contribution in [3.05, 3.63) is 24.2 Å². The molecule has 30 heavy (non-hydrogen) atoms. The number of rotatable bonds is 6. The predicted octanol–water partition coefficient (Wildman–Crippen LogP) is 3.54. The van der Waals surface area contributed by atoms with Crippen LogP contribution in [0.5, 0.6) is 0 Å². The molecule has 3 heterocycles. The molecule has 0 radical (unpaired) electrons. The molecule has 8 nitrogen and oxygen atoms in total. The summed E-state index contributed by atoms with van der Waals surface area (Å²) in [6, 6.07) is 3.68. The maximum absolute atomic E-state index is 5.35. The molecular weight excluding hydrogens is 493 g/mol. The van der Waals surface area contributed by atoms with Gasteiger partial charge in [0.05, 0.1) is 12.8 Å². The van der Waals surface area contributed by atoms with Crippen molar-refractivity contribution >= 4 is 29.9 Å². The Morgan fingerprint density at radius 1 is 1.17 bits per heavy atom. The molecule has 0 unspecified atom stereocenters. The van der Waals surface area contributed by atoms with E-state index in [1.165, 1.54) is 64.5 Å². The fourth-order valence-electron chi connectivity index (χ4n) is 4.71. The number of aromatic amines is 1. The van der Waals surface area contributed by atoms with E-state index in [4.69, 9.17) is 4.42 Å². The summed E-state index contributed by atoms with van der Waals surface area (Å²) in [6.07, 6.45) is 12.3. The Bertz CT molecular complexity index is 777. The first-order valence-corrected chi connectivity index (χ1v) is 10.9. The Hall–Kier alpha value is -1.62. The van der Waals surface area contributed by atoms with E-state index in [2.05, 4.69) is 35.7 Å². The Balaban J connectivity index is 0.00000256. The van der Waals surface area contributed by atoms with E-state index in [1.54, 1.807) is 6.26 Å². The zero-order valence-electron chi connectivity index (χ0n) is 17.8. The van der Waals surface area contributed by atoms with Crippen LogP contribution < -0.4 is 10.6 Å². The lowest BCUT2D eigenvalue weighted by Gasteiger charge is -2.48. The molecule has 2 fully saturated rings. The van der Waals surface area contributed by atoms with Crippen molar-refractivity contribution < 1.29 is 4.42 Å². The van der Waals surface area contributed by atoms with Crippen molar-refractivity contribution in [1.29, 1.82) is 0 Å². The summed E-state index contributed by atoms with van der Waals surface area (Å²) < 4.78 is 5.35. The second kappa shape index (κ2) is 11.1. The number of aromatic nitrogens is 3. The van der Waals surface area contributed by atoms with Crippen LogP contribution in [0.25, 0.3) is 11.6 Å². The highest BCUT2D eigenvalue weighted by Gasteiger charge is 2.38. The largest absolute Gasteiger partial charge is 0.461 e. The van der Waals surface area contributed by atoms with Gasteiger partial charge in [0.15, 0.2) is 11.7 Å². The van der Waals surface area contributed by atoms with Crippen LogP contribution >= 0.6 is 24.0 Å². The molecule has 0 amide bonds. The average molecular weight is 527 g/mol. The van der Waals surface area contributed by atoms with Crippen LogP contribution in [0.1, 0.15) is 57.2 Å². The summed E-state index contributed by atoms with van der Waals surface area (Å²) >= 11 is 0. The molecule has 1 aliphatic heterocycles. The second-order valence-electron chi connectivity index (χ2n) is 8.20. The molecule has 2 aliphatic rings. The second-order valence-corrected chi connectivity index (χ2v) is 8.20. The summed E-state index contributed by atoms with van der Waals surface area (Å²) in [6.45, 7) is 3.95. The van der Waals surface area contributed by atoms with E-state index in [0.29, 0.717) is 18.1 Å². The predicted molar refractivity (Wildman–Crippen MR) is 129 cm³/mol. The van der Waals surface area contributed by atoms with Gasteiger partial charge in [-0.05, 0) is 50.9 Å². The summed E-state index contributed by atoms with van der Waals surface area (Å²) in [5.41, 5.74) is 0.273. The molecule has 0 aromatic carbocycles. The van der Waals surface area contributed by atoms with Crippen LogP contribution in [0.4, 0.5) is 0 Å². The van der Waals surface area contributed by atoms with Crippen LogP contribution in [0.3, 0.4) is 0 Å². The molecule has 0 bridgehead atoms. The van der Waals surface area contributed by atoms with E-state index in [-0.39, 0.29) is 29.5 Å². The van der Waals surface area contributed by atoms with Crippen LogP contribution in [-0.4, -0.2) is 58.3 Å². The molecule has 2 aromatic rings. The fourth-order valence-corrected chi connectivity index (χ4v) is 4.71. The number of piperidine rings is 1. The van der Waals surface area contributed by atoms with E-state index < -0.39 is 0 Å². The molecular formula is C21H34IN7O. The minimum absolute atomic E-state index is 0. The van der Waals surface area contributed by atoms with Crippen molar-refractivity contribution in [2.75, 3.05) is 26.7 Å². The van der Waals surface area contributed by atoms with Crippen molar-refractivity contribution in [2.24, 2.45) is 4.99 Å². The van der Waals surface area contributed by atoms with Gasteiger partial charge in [0.2, 0.25) is 5.82 Å². The number of hydrogen-bond acceptors (Lipinski definition) is 5. The third-order valence-corrected chi connectivity index (χ3v) is 6.32. The smallest absolute Gasteiger partial charge is 0.216 e. The first kappa shape index (κ1) is 23.1. The van der Waals surface area contributed by atoms with Gasteiger partial charge in [-0.2, -0.15) is 0 Å². The van der Waals surface area contributed by atoms with Gasteiger partial charge in [-0.25, -0.2) is 4.98 Å². The van der Waals surface area contributed by atoms with Crippen molar-refractivity contribution in [2.45, 2.75) is 63.5 Å². The topological polar surface area (TPSA) is 94.4 Å². The zero-order chi connectivity index (χ0) is 19.9. The zero-order valence-corrected chi connectivity index (χ0v) is 20.2. The van der Waals surface area contributed by atoms with Gasteiger partial charge in [-0.15, -0.1) is 29.1 Å². The van der Waals surface area contributed by atoms with Crippen LogP contribution in [-0.2, 0) is 6.54 Å². The summed E-state index contributed by atoms with van der Waals surface area (Å²) in [7, 11) is 1.82. The van der Waals surface area contributed by atoms with Gasteiger partial charge < -0.3 is 15.1 Å². The lowest BCUT2D eigenvalue weighted by Crippen LogP contribution is -2.59. The van der Waals surface area contributed by atoms with Gasteiger partial charge in [0.25, 0.3) is 0 Å². The normalized spacial score (nSPS) is 19.8. The van der Waals surface area contributed by atoms with Crippen LogP contribution in [0, 0.1) is 0 Å². The van der Waals surface area contributed by atoms with Crippen molar-refractivity contribution in [3.63, 3.8) is 0 Å². The van der Waals surface area contributed by atoms with E-state index in [0.717, 1.165) is 18.3 Å². The first-order valence-electron chi connectivity index (χ1n) is 10.9. The maximum atomic E-state index is 5.35. The molecule has 2 aromatic heterocycles. The monoisotopic (exact) mass is 527 g/mol. The molecule has 0 spiro atoms. The fraction of sp³-hybridized carbons (Fsp3) is 0.667. The molecule has 4 rings (SSSR count). The number of halogens is 1. The van der Waals surface area contributed by atoms with E-state index in [9.17, 15) is 0 Å². The summed E-state index contributed by atoms with van der Waals surface area (Å²) in [5, 5.41) is 14.1. The third-order valence-electron chi connectivity index (χ3n) is 6.32. The average Bonchev–Trinajstić information content (AvgIpc) is 3.47. The number of nitrogens with one attached hydrogen (secondary N) is 3. The number of hydrogen-bond donors (Lipinski definition) is 3. The third kappa shape index (κ3) is 5.54. The molecule has 3 N–H and O–H groups in total. The maximum Gasteiger partial charge on any atom is 0.216 e. The van der Waals surface area contributed by atoms with Gasteiger partial charge in [0, 0.05) is 19.1 Å². The summed E-state index contributed by atoms with van der Waals surface area (Å²) in [4.78, 5) is 11.6. The number of H-pyrrole nitrogens is 1. The highest BCUT2D eigenvalue weighted by Crippen LogP contribution is 2.35. The Kier molecular flexibility index (Phi) is 8.55. The van der Waals surface area contributed by atoms with Crippen LogP contribution in [0.15, 0.2) is 27.8 Å². The van der Waals surface area contributed by atoms with Gasteiger partial charge in [-0.3, -0.25) is 15.0 Å². The summed E-state index contributed by atoms with van der Waals surface area (Å²) in [5.74, 6) is 2.79. The number of furan rings is 1. The quantitative estimate of drug-likeness (QED) is 0.302. The lowest BCUT2D eigenvalue weighted by atomic mass is 9.79.